The van der Waals surface area contributed by atoms with Crippen molar-refractivity contribution in [3.05, 3.63) is 52.0 Å². The summed E-state index contributed by atoms with van der Waals surface area (Å²) < 4.78 is 0. The van der Waals surface area contributed by atoms with Gasteiger partial charge in [-0.3, -0.25) is 0 Å². The van der Waals surface area contributed by atoms with Gasteiger partial charge in [-0.05, 0) is 24.1 Å². The molecule has 2 N–H and O–H groups in total. The maximum absolute atomic E-state index is 9.97. The van der Waals surface area contributed by atoms with Crippen molar-refractivity contribution >= 4 is 34.1 Å². The number of hydrogen-bond donors (Lipinski definition) is 2. The van der Waals surface area contributed by atoms with Gasteiger partial charge in [0.15, 0.2) is 0 Å². The fourth-order valence-corrected chi connectivity index (χ4v) is 3.30. The normalized spacial score (nSPS) is 13.8. The Morgan fingerprint density at radius 3 is 2.80 bits per heavy atom. The number of benzene rings is 2. The predicted octanol–water partition coefficient (Wildman–Crippen LogP) is 4.38. The average molecular weight is 306 g/mol. The highest BCUT2D eigenvalue weighted by Gasteiger charge is 2.19. The summed E-state index contributed by atoms with van der Waals surface area (Å²) in [6.45, 7) is 2.01. The molecule has 0 fully saturated rings. The van der Waals surface area contributed by atoms with Crippen LogP contribution in [-0.4, -0.2) is 15.3 Å². The van der Waals surface area contributed by atoms with Gasteiger partial charge in [-0.25, -0.2) is 4.99 Å². The number of hydrogen-bond acceptors (Lipinski definition) is 4. The van der Waals surface area contributed by atoms with Gasteiger partial charge < -0.3 is 10.2 Å². The van der Waals surface area contributed by atoms with E-state index in [2.05, 4.69) is 11.1 Å². The lowest BCUT2D eigenvalue weighted by Crippen LogP contribution is -2.03. The Morgan fingerprint density at radius 1 is 1.20 bits per heavy atom. The molecule has 2 aromatic carbocycles. The van der Waals surface area contributed by atoms with Gasteiger partial charge >= 0.3 is 0 Å². The minimum atomic E-state index is -0.133. The molecular weight excluding hydrogens is 294 g/mol. The van der Waals surface area contributed by atoms with Gasteiger partial charge in [0.1, 0.15) is 16.5 Å². The number of aryl methyl sites for hydroxylation is 1. The zero-order valence-corrected chi connectivity index (χ0v) is 12.3. The highest BCUT2D eigenvalue weighted by molar-refractivity contribution is 8.13. The third-order valence-corrected chi connectivity index (χ3v) is 4.54. The van der Waals surface area contributed by atoms with Crippen molar-refractivity contribution < 1.29 is 10.2 Å². The SMILES string of the molecule is Cc1cccc2c1N=C(c1cc(Cl)c(O)cc1O)SC2. The lowest BCUT2D eigenvalue weighted by Gasteiger charge is -2.17. The van der Waals surface area contributed by atoms with Crippen LogP contribution in [0.2, 0.25) is 5.02 Å². The Hall–Kier alpha value is -1.65. The van der Waals surface area contributed by atoms with Gasteiger partial charge in [0.2, 0.25) is 0 Å². The van der Waals surface area contributed by atoms with E-state index in [9.17, 15) is 10.2 Å². The van der Waals surface area contributed by atoms with Crippen molar-refractivity contribution in [1.82, 2.24) is 0 Å². The van der Waals surface area contributed by atoms with Crippen molar-refractivity contribution in [2.24, 2.45) is 4.99 Å². The molecule has 0 saturated heterocycles. The van der Waals surface area contributed by atoms with Crippen LogP contribution in [0.5, 0.6) is 11.5 Å². The van der Waals surface area contributed by atoms with Crippen LogP contribution >= 0.6 is 23.4 Å². The fraction of sp³-hybridized carbons (Fsp3) is 0.133. The van der Waals surface area contributed by atoms with E-state index in [1.54, 1.807) is 17.8 Å². The highest BCUT2D eigenvalue weighted by atomic mass is 35.5. The second kappa shape index (κ2) is 5.04. The summed E-state index contributed by atoms with van der Waals surface area (Å²) in [5, 5.41) is 20.4. The second-order valence-corrected chi connectivity index (χ2v) is 5.98. The van der Waals surface area contributed by atoms with E-state index < -0.39 is 0 Å². The van der Waals surface area contributed by atoms with E-state index in [0.717, 1.165) is 17.0 Å². The number of thioether (sulfide) groups is 1. The van der Waals surface area contributed by atoms with Crippen LogP contribution in [0.15, 0.2) is 35.3 Å². The molecule has 0 unspecified atom stereocenters. The molecule has 5 heteroatoms. The molecule has 1 aliphatic heterocycles. The van der Waals surface area contributed by atoms with Crippen LogP contribution in [0.3, 0.4) is 0 Å². The molecule has 0 saturated carbocycles. The first-order chi connectivity index (χ1) is 9.56. The van der Waals surface area contributed by atoms with Gasteiger partial charge in [-0.2, -0.15) is 0 Å². The molecule has 3 nitrogen and oxygen atoms in total. The molecule has 0 atom stereocenters. The van der Waals surface area contributed by atoms with E-state index in [0.29, 0.717) is 10.6 Å². The molecule has 102 valence electrons. The quantitative estimate of drug-likeness (QED) is 0.822. The second-order valence-electron chi connectivity index (χ2n) is 4.61. The van der Waals surface area contributed by atoms with Gasteiger partial charge in [-0.15, -0.1) is 11.8 Å². The van der Waals surface area contributed by atoms with Gasteiger partial charge in [0.25, 0.3) is 0 Å². The molecule has 20 heavy (non-hydrogen) atoms. The zero-order valence-electron chi connectivity index (χ0n) is 10.7. The molecule has 0 amide bonds. The summed E-state index contributed by atoms with van der Waals surface area (Å²) in [6.07, 6.45) is 0. The molecule has 3 rings (SSSR count). The smallest absolute Gasteiger partial charge is 0.137 e. The van der Waals surface area contributed by atoms with Crippen molar-refractivity contribution in [3.8, 4) is 11.5 Å². The van der Waals surface area contributed by atoms with Crippen molar-refractivity contribution in [2.75, 3.05) is 0 Å². The maximum Gasteiger partial charge on any atom is 0.137 e. The van der Waals surface area contributed by atoms with Crippen LogP contribution in [0.4, 0.5) is 5.69 Å². The van der Waals surface area contributed by atoms with E-state index >= 15 is 0 Å². The van der Waals surface area contributed by atoms with Gasteiger partial charge in [0.05, 0.1) is 16.3 Å². The predicted molar refractivity (Wildman–Crippen MR) is 83.5 cm³/mol. The van der Waals surface area contributed by atoms with Crippen LogP contribution in [0.1, 0.15) is 16.7 Å². The number of halogens is 1. The third kappa shape index (κ3) is 2.25. The summed E-state index contributed by atoms with van der Waals surface area (Å²) in [5.41, 5.74) is 3.78. The zero-order chi connectivity index (χ0) is 14.3. The topological polar surface area (TPSA) is 52.8 Å². The van der Waals surface area contributed by atoms with E-state index in [1.165, 1.54) is 11.6 Å². The number of aliphatic imine (C=N–C) groups is 1. The van der Waals surface area contributed by atoms with Crippen LogP contribution in [0, 0.1) is 6.92 Å². The molecule has 1 heterocycles. The standard InChI is InChI=1S/C15H12ClNO2S/c1-8-3-2-4-9-7-20-15(17-14(8)9)10-5-11(16)13(19)6-12(10)18/h2-6,18-19H,7H2,1H3. The van der Waals surface area contributed by atoms with E-state index in [-0.39, 0.29) is 16.5 Å². The molecule has 2 aromatic rings. The summed E-state index contributed by atoms with van der Waals surface area (Å²) in [7, 11) is 0. The van der Waals surface area contributed by atoms with Crippen molar-refractivity contribution in [1.29, 1.82) is 0 Å². The minimum absolute atomic E-state index is 0.0183. The Labute approximate surface area is 125 Å². The first-order valence-corrected chi connectivity index (χ1v) is 7.44. The lowest BCUT2D eigenvalue weighted by molar-refractivity contribution is 0.450. The van der Waals surface area contributed by atoms with Crippen LogP contribution in [0.25, 0.3) is 0 Å². The molecule has 0 aliphatic carbocycles. The fourth-order valence-electron chi connectivity index (χ4n) is 2.14. The number of rotatable bonds is 1. The summed E-state index contributed by atoms with van der Waals surface area (Å²) in [6, 6.07) is 8.87. The summed E-state index contributed by atoms with van der Waals surface area (Å²) in [5.74, 6) is 0.648. The molecule has 0 spiro atoms. The Balaban J connectivity index is 2.13. The van der Waals surface area contributed by atoms with E-state index in [4.69, 9.17) is 11.6 Å². The molecular formula is C15H12ClNO2S. The van der Waals surface area contributed by atoms with Crippen LogP contribution < -0.4 is 0 Å². The Kier molecular flexibility index (Phi) is 3.36. The maximum atomic E-state index is 9.97. The van der Waals surface area contributed by atoms with Crippen molar-refractivity contribution in [3.63, 3.8) is 0 Å². The first kappa shape index (κ1) is 13.3. The first-order valence-electron chi connectivity index (χ1n) is 6.08. The third-order valence-electron chi connectivity index (χ3n) is 3.19. The highest BCUT2D eigenvalue weighted by Crippen LogP contribution is 2.39. The Bertz CT molecular complexity index is 728. The van der Waals surface area contributed by atoms with E-state index in [1.807, 2.05) is 19.1 Å². The number of aromatic hydroxyl groups is 2. The number of fused-ring (bicyclic) bond motifs is 1. The number of phenolic OH excluding ortho intramolecular Hbond substituents is 2. The number of nitrogens with zero attached hydrogens (tertiary/aromatic N) is 1. The van der Waals surface area contributed by atoms with Crippen LogP contribution in [-0.2, 0) is 5.75 Å². The van der Waals surface area contributed by atoms with Gasteiger partial charge in [0, 0.05) is 11.8 Å². The summed E-state index contributed by atoms with van der Waals surface area (Å²) in [4.78, 5) is 4.63. The minimum Gasteiger partial charge on any atom is -0.507 e. The lowest BCUT2D eigenvalue weighted by atomic mass is 10.1. The average Bonchev–Trinajstić information content (AvgIpc) is 2.43. The largest absolute Gasteiger partial charge is 0.507 e. The summed E-state index contributed by atoms with van der Waals surface area (Å²) >= 11 is 7.46. The Morgan fingerprint density at radius 2 is 2.00 bits per heavy atom. The molecule has 0 aromatic heterocycles. The van der Waals surface area contributed by atoms with Crippen molar-refractivity contribution in [2.45, 2.75) is 12.7 Å². The monoisotopic (exact) mass is 305 g/mol. The molecule has 1 aliphatic rings. The molecule has 0 radical (unpaired) electrons. The number of phenols is 2. The molecule has 0 bridgehead atoms. The van der Waals surface area contributed by atoms with Gasteiger partial charge in [-0.1, -0.05) is 29.8 Å². The number of para-hydroxylation sites is 1.